The van der Waals surface area contributed by atoms with E-state index >= 15 is 0 Å². The number of sulfonamides is 1. The minimum atomic E-state index is -3.49. The molecule has 2 heterocycles. The number of nitrogens with zero attached hydrogens (tertiary/aromatic N) is 2. The van der Waals surface area contributed by atoms with Crippen molar-refractivity contribution in [2.75, 3.05) is 19.6 Å². The van der Waals surface area contributed by atoms with Gasteiger partial charge in [0, 0.05) is 25.7 Å². The number of aromatic amines is 1. The van der Waals surface area contributed by atoms with Crippen LogP contribution in [0.1, 0.15) is 12.8 Å². The quantitative estimate of drug-likeness (QED) is 0.630. The summed E-state index contributed by atoms with van der Waals surface area (Å²) in [6, 6.07) is 1.38. The number of thiocarbonyl (C=S) groups is 1. The highest BCUT2D eigenvalue weighted by atomic mass is 32.2. The second-order valence-corrected chi connectivity index (χ2v) is 6.77. The van der Waals surface area contributed by atoms with Crippen LogP contribution in [0.25, 0.3) is 0 Å². The van der Waals surface area contributed by atoms with Gasteiger partial charge in [-0.05, 0) is 18.9 Å². The number of aromatic nitrogens is 2. The molecule has 7 nitrogen and oxygen atoms in total. The van der Waals surface area contributed by atoms with Crippen LogP contribution in [0.4, 0.5) is 0 Å². The summed E-state index contributed by atoms with van der Waals surface area (Å²) < 4.78 is 26.6. The molecule has 1 aromatic rings. The number of piperidine rings is 1. The van der Waals surface area contributed by atoms with Gasteiger partial charge < -0.3 is 5.73 Å². The monoisotopic (exact) mass is 303 g/mol. The lowest BCUT2D eigenvalue weighted by Crippen LogP contribution is -2.46. The maximum absolute atomic E-state index is 12.0. The molecule has 9 heteroatoms. The van der Waals surface area contributed by atoms with Crippen LogP contribution in [0.15, 0.2) is 17.3 Å². The van der Waals surface area contributed by atoms with Gasteiger partial charge in [-0.3, -0.25) is 10.00 Å². The van der Waals surface area contributed by atoms with Crippen LogP contribution in [0, 0.1) is 0 Å². The normalized spacial score (nSPS) is 18.5. The highest BCUT2D eigenvalue weighted by molar-refractivity contribution is 7.89. The lowest BCUT2D eigenvalue weighted by Gasteiger charge is -2.31. The van der Waals surface area contributed by atoms with E-state index in [1.807, 2.05) is 0 Å². The molecule has 0 bridgehead atoms. The zero-order valence-electron chi connectivity index (χ0n) is 10.4. The predicted molar refractivity (Wildman–Crippen MR) is 75.2 cm³/mol. The average Bonchev–Trinajstić information content (AvgIpc) is 2.85. The molecular formula is C10H17N5O2S2. The fraction of sp³-hybridized carbons (Fsp3) is 0.600. The second-order valence-electron chi connectivity index (χ2n) is 4.56. The van der Waals surface area contributed by atoms with Crippen LogP contribution < -0.4 is 10.5 Å². The number of nitrogens with one attached hydrogen (secondary N) is 2. The van der Waals surface area contributed by atoms with Gasteiger partial charge >= 0.3 is 0 Å². The molecule has 0 unspecified atom stereocenters. The highest BCUT2D eigenvalue weighted by Gasteiger charge is 2.25. The Hall–Kier alpha value is -1.03. The number of likely N-dealkylation sites (tertiary alicyclic amines) is 1. The molecule has 0 spiro atoms. The molecule has 0 aromatic carbocycles. The molecule has 106 valence electrons. The first-order chi connectivity index (χ1) is 8.97. The summed E-state index contributed by atoms with van der Waals surface area (Å²) in [4.78, 5) is 2.60. The Balaban J connectivity index is 1.88. The molecule has 1 aromatic heterocycles. The summed E-state index contributed by atoms with van der Waals surface area (Å²) in [6.45, 7) is 2.16. The first kappa shape index (κ1) is 14.4. The third-order valence-corrected chi connectivity index (χ3v) is 4.63. The molecular weight excluding hydrogens is 286 g/mol. The van der Waals surface area contributed by atoms with Gasteiger partial charge in [-0.1, -0.05) is 12.2 Å². The summed E-state index contributed by atoms with van der Waals surface area (Å²) in [5.41, 5.74) is 5.49. The maximum Gasteiger partial charge on any atom is 0.257 e. The van der Waals surface area contributed by atoms with Gasteiger partial charge in [-0.25, -0.2) is 13.1 Å². The topological polar surface area (TPSA) is 104 Å². The second kappa shape index (κ2) is 5.95. The van der Waals surface area contributed by atoms with E-state index in [1.54, 1.807) is 0 Å². The Bertz CT molecular complexity index is 520. The molecule has 1 fully saturated rings. The van der Waals surface area contributed by atoms with E-state index in [2.05, 4.69) is 19.8 Å². The van der Waals surface area contributed by atoms with Gasteiger partial charge in [0.25, 0.3) is 10.0 Å². The number of hydrogen-bond donors (Lipinski definition) is 3. The van der Waals surface area contributed by atoms with Crippen molar-refractivity contribution in [1.29, 1.82) is 0 Å². The molecule has 0 radical (unpaired) electrons. The average molecular weight is 303 g/mol. The van der Waals surface area contributed by atoms with Crippen molar-refractivity contribution in [3.05, 3.63) is 12.3 Å². The van der Waals surface area contributed by atoms with Crippen molar-refractivity contribution in [2.45, 2.75) is 23.9 Å². The molecule has 0 amide bonds. The minimum absolute atomic E-state index is 0.0594. The molecule has 0 atom stereocenters. The Labute approximate surface area is 117 Å². The molecule has 4 N–H and O–H groups in total. The summed E-state index contributed by atoms with van der Waals surface area (Å²) in [5, 5.41) is 6.20. The van der Waals surface area contributed by atoms with Crippen molar-refractivity contribution in [3.8, 4) is 0 Å². The Morgan fingerprint density at radius 1 is 1.58 bits per heavy atom. The van der Waals surface area contributed by atoms with Crippen LogP contribution in [0.3, 0.4) is 0 Å². The van der Waals surface area contributed by atoms with Gasteiger partial charge in [0.2, 0.25) is 0 Å². The van der Waals surface area contributed by atoms with Crippen molar-refractivity contribution in [2.24, 2.45) is 5.73 Å². The standard InChI is InChI=1S/C10H17N5O2S2/c11-9(18)7-15-5-2-8(3-6-15)14-19(16,17)10-1-4-12-13-10/h1,4,8,14H,2-3,5-7H2,(H2,11,18)(H,12,13). The first-order valence-electron chi connectivity index (χ1n) is 6.00. The molecule has 0 saturated carbocycles. The first-order valence-corrected chi connectivity index (χ1v) is 7.89. The predicted octanol–water partition coefficient (Wildman–Crippen LogP) is -0.561. The molecule has 1 saturated heterocycles. The van der Waals surface area contributed by atoms with Gasteiger partial charge in [0.15, 0.2) is 5.03 Å². The summed E-state index contributed by atoms with van der Waals surface area (Å²) >= 11 is 4.86. The van der Waals surface area contributed by atoms with Gasteiger partial charge in [-0.2, -0.15) is 5.10 Å². The Morgan fingerprint density at radius 3 is 2.79 bits per heavy atom. The van der Waals surface area contributed by atoms with Crippen LogP contribution in [0.5, 0.6) is 0 Å². The Kier molecular flexibility index (Phi) is 4.50. The summed E-state index contributed by atoms with van der Waals surface area (Å²) in [5.74, 6) is 0. The highest BCUT2D eigenvalue weighted by Crippen LogP contribution is 2.13. The number of rotatable bonds is 5. The van der Waals surface area contributed by atoms with Crippen molar-refractivity contribution < 1.29 is 8.42 Å². The zero-order chi connectivity index (χ0) is 13.9. The van der Waals surface area contributed by atoms with E-state index in [0.29, 0.717) is 11.5 Å². The maximum atomic E-state index is 12.0. The van der Waals surface area contributed by atoms with Crippen LogP contribution in [-0.2, 0) is 10.0 Å². The van der Waals surface area contributed by atoms with E-state index in [9.17, 15) is 8.42 Å². The van der Waals surface area contributed by atoms with E-state index in [4.69, 9.17) is 18.0 Å². The van der Waals surface area contributed by atoms with Crippen molar-refractivity contribution >= 4 is 27.2 Å². The van der Waals surface area contributed by atoms with Crippen LogP contribution in [-0.4, -0.2) is 54.2 Å². The third kappa shape index (κ3) is 3.96. The third-order valence-electron chi connectivity index (χ3n) is 3.05. The molecule has 0 aliphatic carbocycles. The lowest BCUT2D eigenvalue weighted by molar-refractivity contribution is 0.232. The van der Waals surface area contributed by atoms with E-state index in [1.165, 1.54) is 12.3 Å². The Morgan fingerprint density at radius 2 is 2.26 bits per heavy atom. The van der Waals surface area contributed by atoms with E-state index in [-0.39, 0.29) is 11.1 Å². The summed E-state index contributed by atoms with van der Waals surface area (Å²) in [7, 11) is -3.49. The van der Waals surface area contributed by atoms with Crippen molar-refractivity contribution in [3.63, 3.8) is 0 Å². The fourth-order valence-corrected chi connectivity index (χ4v) is 3.50. The molecule has 1 aliphatic heterocycles. The largest absolute Gasteiger partial charge is 0.392 e. The van der Waals surface area contributed by atoms with Crippen LogP contribution >= 0.6 is 12.2 Å². The number of H-pyrrole nitrogens is 1. The van der Waals surface area contributed by atoms with Crippen molar-refractivity contribution in [1.82, 2.24) is 19.8 Å². The molecule has 1 aliphatic rings. The van der Waals surface area contributed by atoms with E-state index in [0.717, 1.165) is 25.9 Å². The lowest BCUT2D eigenvalue weighted by atomic mass is 10.1. The SMILES string of the molecule is NC(=S)CN1CCC(NS(=O)(=O)c2ccn[nH]2)CC1. The van der Waals surface area contributed by atoms with Gasteiger partial charge in [0.1, 0.15) is 0 Å². The van der Waals surface area contributed by atoms with Gasteiger partial charge in [-0.15, -0.1) is 0 Å². The van der Waals surface area contributed by atoms with E-state index < -0.39 is 10.0 Å². The zero-order valence-corrected chi connectivity index (χ0v) is 12.0. The summed E-state index contributed by atoms with van der Waals surface area (Å²) in [6.07, 6.45) is 2.91. The number of hydrogen-bond acceptors (Lipinski definition) is 5. The minimum Gasteiger partial charge on any atom is -0.392 e. The van der Waals surface area contributed by atoms with Gasteiger partial charge in [0.05, 0.1) is 11.2 Å². The number of nitrogens with two attached hydrogens (primary N) is 1. The smallest absolute Gasteiger partial charge is 0.257 e. The molecule has 19 heavy (non-hydrogen) atoms. The fourth-order valence-electron chi connectivity index (χ4n) is 2.11. The molecule has 2 rings (SSSR count). The van der Waals surface area contributed by atoms with Crippen LogP contribution in [0.2, 0.25) is 0 Å².